The zero-order valence-electron chi connectivity index (χ0n) is 19.9. The van der Waals surface area contributed by atoms with Crippen molar-refractivity contribution in [2.24, 2.45) is 11.8 Å². The van der Waals surface area contributed by atoms with Crippen molar-refractivity contribution in [3.8, 4) is 0 Å². The smallest absolute Gasteiger partial charge is 0.251 e. The van der Waals surface area contributed by atoms with Gasteiger partial charge in [-0.3, -0.25) is 14.4 Å². The number of amides is 3. The van der Waals surface area contributed by atoms with Gasteiger partial charge in [0.15, 0.2) is 0 Å². The molecular weight excluding hydrogens is 510 g/mol. The lowest BCUT2D eigenvalue weighted by Crippen LogP contribution is -2.53. The van der Waals surface area contributed by atoms with Gasteiger partial charge in [0.1, 0.15) is 6.04 Å². The Morgan fingerprint density at radius 1 is 0.919 bits per heavy atom. The van der Waals surface area contributed by atoms with E-state index >= 15 is 0 Å². The van der Waals surface area contributed by atoms with E-state index in [0.29, 0.717) is 23.8 Å². The number of carbonyl (C=O) groups is 3. The second-order valence-electron chi connectivity index (χ2n) is 9.61. The molecule has 1 N–H and O–H groups in total. The van der Waals surface area contributed by atoms with Gasteiger partial charge in [0, 0.05) is 30.6 Å². The monoisotopic (exact) mass is 535 g/mol. The molecule has 5 atom stereocenters. The van der Waals surface area contributed by atoms with Gasteiger partial charge in [0.2, 0.25) is 11.8 Å². The third-order valence-electron chi connectivity index (χ3n) is 7.71. The fourth-order valence-corrected chi connectivity index (χ4v) is 8.46. The van der Waals surface area contributed by atoms with E-state index in [2.05, 4.69) is 0 Å². The van der Waals surface area contributed by atoms with E-state index < -0.39 is 22.6 Å². The van der Waals surface area contributed by atoms with Crippen molar-refractivity contribution in [2.75, 3.05) is 36.0 Å². The summed E-state index contributed by atoms with van der Waals surface area (Å²) in [5, 5.41) is 10.0. The molecule has 190 valence electrons. The molecule has 4 aliphatic heterocycles. The van der Waals surface area contributed by atoms with Crippen molar-refractivity contribution < 1.29 is 19.5 Å². The fourth-order valence-electron chi connectivity index (χ4n) is 6.21. The topological polar surface area (TPSA) is 81.2 Å². The van der Waals surface area contributed by atoms with Crippen LogP contribution in [0.25, 0.3) is 0 Å². The first-order valence-electron chi connectivity index (χ1n) is 12.3. The molecule has 2 saturated heterocycles. The predicted molar refractivity (Wildman–Crippen MR) is 145 cm³/mol. The second kappa shape index (κ2) is 9.35. The molecule has 1 unspecified atom stereocenters. The van der Waals surface area contributed by atoms with Crippen LogP contribution >= 0.6 is 23.4 Å². The number of aliphatic hydroxyl groups excluding tert-OH is 1. The number of rotatable bonds is 4. The lowest BCUT2D eigenvalue weighted by atomic mass is 9.78. The van der Waals surface area contributed by atoms with Crippen LogP contribution < -0.4 is 9.80 Å². The Balaban J connectivity index is 1.45. The molecule has 1 spiro atoms. The lowest BCUT2D eigenvalue weighted by Gasteiger charge is -2.35. The van der Waals surface area contributed by atoms with Crippen LogP contribution in [0.1, 0.15) is 0 Å². The Morgan fingerprint density at radius 3 is 2.41 bits per heavy atom. The second-order valence-corrected chi connectivity index (χ2v) is 11.5. The average Bonchev–Trinajstić information content (AvgIpc) is 3.20. The first-order chi connectivity index (χ1) is 18.0. The molecule has 3 amide bonds. The zero-order valence-corrected chi connectivity index (χ0v) is 21.5. The number of anilines is 2. The number of carbonyl (C=O) groups excluding carboxylic acids is 3. The Kier molecular flexibility index (Phi) is 6.13. The first kappa shape index (κ1) is 24.3. The number of fused-ring (bicyclic) bond motifs is 2. The summed E-state index contributed by atoms with van der Waals surface area (Å²) >= 11 is 7.98. The molecule has 2 aromatic rings. The molecule has 4 heterocycles. The summed E-state index contributed by atoms with van der Waals surface area (Å²) < 4.78 is -0.936. The van der Waals surface area contributed by atoms with Crippen LogP contribution in [0, 0.1) is 11.8 Å². The number of para-hydroxylation sites is 2. The Labute approximate surface area is 224 Å². The van der Waals surface area contributed by atoms with E-state index in [4.69, 9.17) is 11.6 Å². The summed E-state index contributed by atoms with van der Waals surface area (Å²) in [6, 6.07) is 15.7. The molecule has 2 fully saturated rings. The van der Waals surface area contributed by atoms with Crippen LogP contribution in [-0.2, 0) is 14.4 Å². The Bertz CT molecular complexity index is 1320. The molecule has 0 radical (unpaired) electrons. The normalized spacial score (nSPS) is 30.8. The number of halogens is 1. The van der Waals surface area contributed by atoms with Gasteiger partial charge in [-0.1, -0.05) is 66.2 Å². The fraction of sp³-hybridized carbons (Fsp3) is 0.321. The Hall–Kier alpha value is -3.07. The molecule has 9 heteroatoms. The highest BCUT2D eigenvalue weighted by atomic mass is 35.5. The van der Waals surface area contributed by atoms with Gasteiger partial charge in [0.25, 0.3) is 5.91 Å². The van der Waals surface area contributed by atoms with Gasteiger partial charge in [-0.15, -0.1) is 11.8 Å². The Morgan fingerprint density at radius 2 is 1.65 bits per heavy atom. The molecule has 0 aliphatic carbocycles. The van der Waals surface area contributed by atoms with Crippen molar-refractivity contribution in [3.63, 3.8) is 0 Å². The zero-order chi connectivity index (χ0) is 25.7. The summed E-state index contributed by atoms with van der Waals surface area (Å²) in [6.07, 6.45) is 7.85. The van der Waals surface area contributed by atoms with Crippen molar-refractivity contribution in [3.05, 3.63) is 83.9 Å². The van der Waals surface area contributed by atoms with Gasteiger partial charge < -0.3 is 19.8 Å². The first-order valence-corrected chi connectivity index (χ1v) is 13.6. The van der Waals surface area contributed by atoms with Crippen molar-refractivity contribution in [1.29, 1.82) is 0 Å². The molecule has 4 aliphatic rings. The maximum atomic E-state index is 14.2. The van der Waals surface area contributed by atoms with Crippen LogP contribution in [0.5, 0.6) is 0 Å². The van der Waals surface area contributed by atoms with Gasteiger partial charge in [-0.05, 0) is 24.3 Å². The summed E-state index contributed by atoms with van der Waals surface area (Å²) in [5.74, 6) is -2.02. The van der Waals surface area contributed by atoms with E-state index in [-0.39, 0.29) is 36.1 Å². The molecule has 0 saturated carbocycles. The van der Waals surface area contributed by atoms with Gasteiger partial charge in [-0.2, -0.15) is 0 Å². The highest BCUT2D eigenvalue weighted by Gasteiger charge is 2.71. The quantitative estimate of drug-likeness (QED) is 0.608. The van der Waals surface area contributed by atoms with Crippen molar-refractivity contribution >= 4 is 52.5 Å². The van der Waals surface area contributed by atoms with Crippen LogP contribution in [-0.4, -0.2) is 70.0 Å². The summed E-state index contributed by atoms with van der Waals surface area (Å²) in [6.45, 7) is 0.451. The van der Waals surface area contributed by atoms with E-state index in [1.54, 1.807) is 28.0 Å². The number of β-amino-alcohol motifs (C(OH)–C–C–N with tert-alkyl or cyclic N) is 1. The molecule has 2 aromatic carbocycles. The van der Waals surface area contributed by atoms with Crippen LogP contribution in [0.2, 0.25) is 5.02 Å². The van der Waals surface area contributed by atoms with E-state index in [0.717, 1.165) is 5.69 Å². The number of thioether (sulfide) groups is 1. The highest BCUT2D eigenvalue weighted by molar-refractivity contribution is 8.02. The van der Waals surface area contributed by atoms with Crippen LogP contribution in [0.4, 0.5) is 11.4 Å². The number of hydrogen-bond acceptors (Lipinski definition) is 5. The largest absolute Gasteiger partial charge is 0.395 e. The molecule has 7 nitrogen and oxygen atoms in total. The predicted octanol–water partition coefficient (Wildman–Crippen LogP) is 3.14. The van der Waals surface area contributed by atoms with Crippen molar-refractivity contribution in [2.45, 2.75) is 16.0 Å². The SMILES string of the molecule is O=C1[C@@H]2[C@H](C=CCN1c1ccccc1)S[C@]13C=CCN(c4ccccc4Cl)C(=O)C1N(CCO)C(=O)[C@H]23. The molecular formula is C28H26ClN3O4S. The third-order valence-corrected chi connectivity index (χ3v) is 9.77. The van der Waals surface area contributed by atoms with Gasteiger partial charge in [-0.25, -0.2) is 0 Å². The number of likely N-dealkylation sites (tertiary alicyclic amines) is 1. The van der Waals surface area contributed by atoms with Crippen LogP contribution in [0.3, 0.4) is 0 Å². The van der Waals surface area contributed by atoms with Crippen LogP contribution in [0.15, 0.2) is 78.9 Å². The van der Waals surface area contributed by atoms with E-state index in [1.165, 1.54) is 16.7 Å². The van der Waals surface area contributed by atoms with E-state index in [1.807, 2.05) is 60.7 Å². The minimum Gasteiger partial charge on any atom is -0.395 e. The molecule has 0 bridgehead atoms. The maximum absolute atomic E-state index is 14.2. The minimum atomic E-state index is -0.936. The number of benzene rings is 2. The minimum absolute atomic E-state index is 0.0159. The van der Waals surface area contributed by atoms with Gasteiger partial charge >= 0.3 is 0 Å². The molecule has 6 rings (SSSR count). The highest BCUT2D eigenvalue weighted by Crippen LogP contribution is 2.61. The lowest BCUT2D eigenvalue weighted by molar-refractivity contribution is -0.139. The standard InChI is InChI=1S/C28H26ClN3O4S/c29-19-10-4-5-11-20(19)31-15-7-13-28-23(26(35)32(16-17-33)24(28)27(31)36)22-21(37-28)12-6-14-30(25(22)34)18-8-2-1-3-9-18/h1-13,21-24,33H,14-17H2/t21-,22+,23-,24?,28-/m0/s1. The molecule has 0 aromatic heterocycles. The summed E-state index contributed by atoms with van der Waals surface area (Å²) in [4.78, 5) is 47.1. The number of hydrogen-bond donors (Lipinski definition) is 1. The van der Waals surface area contributed by atoms with E-state index in [9.17, 15) is 19.5 Å². The number of aliphatic hydroxyl groups is 1. The summed E-state index contributed by atoms with van der Waals surface area (Å²) in [5.41, 5.74) is 1.34. The maximum Gasteiger partial charge on any atom is 0.251 e. The third kappa shape index (κ3) is 3.65. The van der Waals surface area contributed by atoms with Crippen molar-refractivity contribution in [1.82, 2.24) is 4.90 Å². The summed E-state index contributed by atoms with van der Waals surface area (Å²) in [7, 11) is 0. The molecule has 37 heavy (non-hydrogen) atoms. The average molecular weight is 536 g/mol. The van der Waals surface area contributed by atoms with Gasteiger partial charge in [0.05, 0.1) is 33.9 Å². The number of nitrogens with zero attached hydrogens (tertiary/aromatic N) is 3.